The number of carbonyl (C=O) groups excluding carboxylic acids is 1. The Labute approximate surface area is 100 Å². The van der Waals surface area contributed by atoms with Crippen LogP contribution < -0.4 is 4.90 Å². The molecule has 1 amide bonds. The van der Waals surface area contributed by atoms with Gasteiger partial charge in [-0.05, 0) is 18.1 Å². The van der Waals surface area contributed by atoms with Crippen molar-refractivity contribution < 1.29 is 14.7 Å². The molecule has 0 radical (unpaired) electrons. The van der Waals surface area contributed by atoms with Gasteiger partial charge in [0.2, 0.25) is 5.91 Å². The highest BCUT2D eigenvalue weighted by Crippen LogP contribution is 2.21. The van der Waals surface area contributed by atoms with Crippen molar-refractivity contribution in [2.75, 3.05) is 11.4 Å². The lowest BCUT2D eigenvalue weighted by molar-refractivity contribution is -0.136. The van der Waals surface area contributed by atoms with Crippen LogP contribution in [0.3, 0.4) is 0 Å². The first-order chi connectivity index (χ1) is 8.06. The molecule has 4 nitrogen and oxygen atoms in total. The Morgan fingerprint density at radius 3 is 2.59 bits per heavy atom. The predicted molar refractivity (Wildman–Crippen MR) is 66.0 cm³/mol. The zero-order chi connectivity index (χ0) is 12.8. The van der Waals surface area contributed by atoms with Gasteiger partial charge in [-0.15, -0.1) is 6.58 Å². The van der Waals surface area contributed by atoms with Crippen molar-refractivity contribution in [2.45, 2.75) is 13.3 Å². The third kappa shape index (κ3) is 3.45. The van der Waals surface area contributed by atoms with Crippen LogP contribution in [-0.2, 0) is 16.0 Å². The Balaban J connectivity index is 3.12. The maximum absolute atomic E-state index is 11.5. The topological polar surface area (TPSA) is 57.6 Å². The average Bonchev–Trinajstić information content (AvgIpc) is 2.27. The van der Waals surface area contributed by atoms with Crippen molar-refractivity contribution in [3.05, 3.63) is 42.5 Å². The quantitative estimate of drug-likeness (QED) is 0.789. The number of anilines is 1. The normalized spacial score (nSPS) is 9.71. The fourth-order valence-corrected chi connectivity index (χ4v) is 1.60. The van der Waals surface area contributed by atoms with Crippen LogP contribution in [0.4, 0.5) is 5.69 Å². The minimum absolute atomic E-state index is 0.288. The van der Waals surface area contributed by atoms with Gasteiger partial charge in [-0.3, -0.25) is 9.59 Å². The number of rotatable bonds is 5. The van der Waals surface area contributed by atoms with Crippen LogP contribution in [0.15, 0.2) is 36.9 Å². The minimum Gasteiger partial charge on any atom is -0.480 e. The first-order valence-electron chi connectivity index (χ1n) is 5.25. The predicted octanol–water partition coefficient (Wildman–Crippen LogP) is 1.85. The molecule has 4 heteroatoms. The number of hydrogen-bond acceptors (Lipinski definition) is 2. The van der Waals surface area contributed by atoms with Crippen molar-refractivity contribution in [3.8, 4) is 0 Å². The lowest BCUT2D eigenvalue weighted by atomic mass is 10.1. The largest absolute Gasteiger partial charge is 0.480 e. The van der Waals surface area contributed by atoms with Crippen LogP contribution in [0.1, 0.15) is 12.5 Å². The Kier molecular flexibility index (Phi) is 4.46. The van der Waals surface area contributed by atoms with Crippen LogP contribution >= 0.6 is 0 Å². The zero-order valence-corrected chi connectivity index (χ0v) is 9.72. The Morgan fingerprint density at radius 1 is 1.41 bits per heavy atom. The van der Waals surface area contributed by atoms with Crippen molar-refractivity contribution in [1.29, 1.82) is 0 Å². The molecule has 0 aromatic heterocycles. The molecule has 0 aliphatic carbocycles. The molecule has 1 aromatic rings. The number of benzene rings is 1. The van der Waals surface area contributed by atoms with E-state index >= 15 is 0 Å². The van der Waals surface area contributed by atoms with Crippen molar-refractivity contribution in [2.24, 2.45) is 0 Å². The molecule has 1 N–H and O–H groups in total. The van der Waals surface area contributed by atoms with Crippen molar-refractivity contribution in [3.63, 3.8) is 0 Å². The van der Waals surface area contributed by atoms with E-state index < -0.39 is 5.97 Å². The van der Waals surface area contributed by atoms with E-state index in [1.54, 1.807) is 18.2 Å². The summed E-state index contributed by atoms with van der Waals surface area (Å²) in [5, 5.41) is 8.80. The van der Waals surface area contributed by atoms with Crippen molar-refractivity contribution >= 4 is 17.6 Å². The fourth-order valence-electron chi connectivity index (χ4n) is 1.60. The summed E-state index contributed by atoms with van der Waals surface area (Å²) in [6.45, 7) is 4.67. The molecule has 0 atom stereocenters. The van der Waals surface area contributed by atoms with E-state index in [-0.39, 0.29) is 12.5 Å². The summed E-state index contributed by atoms with van der Waals surface area (Å²) in [7, 11) is 0. The summed E-state index contributed by atoms with van der Waals surface area (Å²) < 4.78 is 0. The van der Waals surface area contributed by atoms with Crippen LogP contribution in [0.25, 0.3) is 0 Å². The molecule has 90 valence electrons. The number of carboxylic acids is 1. The molecule has 0 bridgehead atoms. The number of carbonyl (C=O) groups is 2. The second-order valence-electron chi connectivity index (χ2n) is 3.62. The third-order valence-corrected chi connectivity index (χ3v) is 2.32. The zero-order valence-electron chi connectivity index (χ0n) is 9.72. The SMILES string of the molecule is C=CCc1ccccc1N(CC(=O)O)C(C)=O. The molecule has 1 rings (SSSR count). The molecule has 1 aromatic carbocycles. The van der Waals surface area contributed by atoms with E-state index in [1.807, 2.05) is 12.1 Å². The van der Waals surface area contributed by atoms with E-state index in [2.05, 4.69) is 6.58 Å². The lowest BCUT2D eigenvalue weighted by Gasteiger charge is -2.21. The molecule has 0 aliphatic heterocycles. The van der Waals surface area contributed by atoms with Gasteiger partial charge in [0.05, 0.1) is 0 Å². The van der Waals surface area contributed by atoms with E-state index in [0.29, 0.717) is 12.1 Å². The molecular formula is C13H15NO3. The monoisotopic (exact) mass is 233 g/mol. The number of aliphatic carboxylic acids is 1. The number of hydrogen-bond donors (Lipinski definition) is 1. The maximum Gasteiger partial charge on any atom is 0.323 e. The Morgan fingerprint density at radius 2 is 2.06 bits per heavy atom. The second-order valence-corrected chi connectivity index (χ2v) is 3.62. The Hall–Kier alpha value is -2.10. The lowest BCUT2D eigenvalue weighted by Crippen LogP contribution is -2.34. The van der Waals surface area contributed by atoms with Gasteiger partial charge in [0, 0.05) is 12.6 Å². The smallest absolute Gasteiger partial charge is 0.323 e. The van der Waals surface area contributed by atoms with Gasteiger partial charge >= 0.3 is 5.97 Å². The van der Waals surface area contributed by atoms with Gasteiger partial charge in [-0.25, -0.2) is 0 Å². The van der Waals surface area contributed by atoms with E-state index in [1.165, 1.54) is 11.8 Å². The number of carboxylic acid groups (broad SMARTS) is 1. The van der Waals surface area contributed by atoms with Gasteiger partial charge in [-0.1, -0.05) is 24.3 Å². The van der Waals surface area contributed by atoms with Gasteiger partial charge in [0.25, 0.3) is 0 Å². The standard InChI is InChI=1S/C13H15NO3/c1-3-6-11-7-4-5-8-12(11)14(10(2)15)9-13(16)17/h3-5,7-8H,1,6,9H2,2H3,(H,16,17). The number of para-hydroxylation sites is 1. The summed E-state index contributed by atoms with van der Waals surface area (Å²) >= 11 is 0. The van der Waals surface area contributed by atoms with Crippen LogP contribution in [0.2, 0.25) is 0 Å². The molecule has 0 saturated heterocycles. The highest BCUT2D eigenvalue weighted by molar-refractivity contribution is 5.96. The molecule has 0 aliphatic rings. The van der Waals surface area contributed by atoms with Crippen LogP contribution in [0, 0.1) is 0 Å². The molecule has 0 unspecified atom stereocenters. The van der Waals surface area contributed by atoms with Crippen LogP contribution in [-0.4, -0.2) is 23.5 Å². The van der Waals surface area contributed by atoms with Gasteiger partial charge in [0.15, 0.2) is 0 Å². The summed E-state index contributed by atoms with van der Waals surface area (Å²) in [6, 6.07) is 7.22. The van der Waals surface area contributed by atoms with Crippen LogP contribution in [0.5, 0.6) is 0 Å². The van der Waals surface area contributed by atoms with Gasteiger partial charge < -0.3 is 10.0 Å². The first-order valence-corrected chi connectivity index (χ1v) is 5.25. The highest BCUT2D eigenvalue weighted by Gasteiger charge is 2.17. The fraction of sp³-hybridized carbons (Fsp3) is 0.231. The molecule has 0 fully saturated rings. The minimum atomic E-state index is -1.03. The molecule has 0 saturated carbocycles. The summed E-state index contributed by atoms with van der Waals surface area (Å²) in [5.41, 5.74) is 1.52. The van der Waals surface area contributed by atoms with E-state index in [0.717, 1.165) is 5.56 Å². The van der Waals surface area contributed by atoms with E-state index in [4.69, 9.17) is 5.11 Å². The number of nitrogens with zero attached hydrogens (tertiary/aromatic N) is 1. The van der Waals surface area contributed by atoms with Gasteiger partial charge in [-0.2, -0.15) is 0 Å². The second kappa shape index (κ2) is 5.84. The molecule has 17 heavy (non-hydrogen) atoms. The van der Waals surface area contributed by atoms with Gasteiger partial charge in [0.1, 0.15) is 6.54 Å². The first kappa shape index (κ1) is 13.0. The van der Waals surface area contributed by atoms with E-state index in [9.17, 15) is 9.59 Å². The number of amides is 1. The third-order valence-electron chi connectivity index (χ3n) is 2.32. The number of allylic oxidation sites excluding steroid dienone is 1. The Bertz CT molecular complexity index is 440. The van der Waals surface area contributed by atoms with Crippen molar-refractivity contribution in [1.82, 2.24) is 0 Å². The molecule has 0 spiro atoms. The summed E-state index contributed by atoms with van der Waals surface area (Å²) in [4.78, 5) is 23.5. The highest BCUT2D eigenvalue weighted by atomic mass is 16.4. The average molecular weight is 233 g/mol. The summed E-state index contributed by atoms with van der Waals surface area (Å²) in [6.07, 6.45) is 2.32. The summed E-state index contributed by atoms with van der Waals surface area (Å²) in [5.74, 6) is -1.32. The maximum atomic E-state index is 11.5. The molecule has 0 heterocycles. The molecular weight excluding hydrogens is 218 g/mol.